The van der Waals surface area contributed by atoms with E-state index in [4.69, 9.17) is 0 Å². The van der Waals surface area contributed by atoms with Crippen LogP contribution in [0.5, 0.6) is 0 Å². The van der Waals surface area contributed by atoms with Crippen LogP contribution in [0.3, 0.4) is 0 Å². The monoisotopic (exact) mass is 172 g/mol. The highest BCUT2D eigenvalue weighted by Crippen LogP contribution is 2.26. The minimum atomic E-state index is 0.725. The summed E-state index contributed by atoms with van der Waals surface area (Å²) in [5.41, 5.74) is 2.95. The Bertz CT molecular complexity index is 300. The molecule has 0 amide bonds. The van der Waals surface area contributed by atoms with Gasteiger partial charge in [0.05, 0.1) is 0 Å². The molecule has 68 valence electrons. The van der Waals surface area contributed by atoms with Crippen molar-refractivity contribution in [1.82, 2.24) is 0 Å². The van der Waals surface area contributed by atoms with Crippen LogP contribution >= 0.6 is 0 Å². The van der Waals surface area contributed by atoms with Gasteiger partial charge in [0.1, 0.15) is 0 Å². The molecular formula is C13H16. The van der Waals surface area contributed by atoms with E-state index >= 15 is 0 Å². The van der Waals surface area contributed by atoms with Gasteiger partial charge in [0, 0.05) is 0 Å². The smallest absolute Gasteiger partial charge is 0.0224 e. The first-order chi connectivity index (χ1) is 6.36. The number of hydrogen-bond acceptors (Lipinski definition) is 0. The second kappa shape index (κ2) is 3.78. The number of hydrogen-bond donors (Lipinski definition) is 0. The van der Waals surface area contributed by atoms with E-state index in [1.165, 1.54) is 30.4 Å². The Morgan fingerprint density at radius 1 is 1.38 bits per heavy atom. The summed E-state index contributed by atoms with van der Waals surface area (Å²) in [6.45, 7) is 2.26. The third-order valence-corrected chi connectivity index (χ3v) is 2.70. The lowest BCUT2D eigenvalue weighted by molar-refractivity contribution is 0.730. The minimum absolute atomic E-state index is 0.725. The summed E-state index contributed by atoms with van der Waals surface area (Å²) < 4.78 is 0. The van der Waals surface area contributed by atoms with Gasteiger partial charge in [-0.15, -0.1) is 0 Å². The average molecular weight is 172 g/mol. The van der Waals surface area contributed by atoms with Crippen LogP contribution in [0.15, 0.2) is 47.6 Å². The van der Waals surface area contributed by atoms with Crippen molar-refractivity contribution in [3.63, 3.8) is 0 Å². The van der Waals surface area contributed by atoms with Crippen LogP contribution in [0, 0.1) is 5.92 Å². The van der Waals surface area contributed by atoms with Crippen molar-refractivity contribution in [1.29, 1.82) is 0 Å². The van der Waals surface area contributed by atoms with Gasteiger partial charge in [-0.25, -0.2) is 0 Å². The highest BCUT2D eigenvalue weighted by atomic mass is 14.1. The molecule has 2 rings (SSSR count). The third kappa shape index (κ3) is 2.00. The van der Waals surface area contributed by atoms with Gasteiger partial charge >= 0.3 is 0 Å². The molecule has 0 nitrogen and oxygen atoms in total. The zero-order valence-corrected chi connectivity index (χ0v) is 8.16. The normalized spacial score (nSPS) is 27.0. The maximum Gasteiger partial charge on any atom is -0.0224 e. The van der Waals surface area contributed by atoms with Crippen LogP contribution in [-0.2, 0) is 0 Å². The van der Waals surface area contributed by atoms with Gasteiger partial charge in [0.2, 0.25) is 0 Å². The maximum atomic E-state index is 2.37. The summed E-state index contributed by atoms with van der Waals surface area (Å²) in [6, 6.07) is 0. The van der Waals surface area contributed by atoms with E-state index in [9.17, 15) is 0 Å². The summed E-state index contributed by atoms with van der Waals surface area (Å²) in [7, 11) is 0. The van der Waals surface area contributed by atoms with E-state index in [-0.39, 0.29) is 0 Å². The Morgan fingerprint density at radius 3 is 2.92 bits per heavy atom. The number of rotatable bonds is 1. The SMILES string of the molecule is CC1C=CC(C2=CC=CCC2)=CC1. The van der Waals surface area contributed by atoms with Gasteiger partial charge in [-0.3, -0.25) is 0 Å². The Balaban J connectivity index is 2.14. The second-order valence-electron chi connectivity index (χ2n) is 3.89. The quantitative estimate of drug-likeness (QED) is 0.564. The Kier molecular flexibility index (Phi) is 2.49. The van der Waals surface area contributed by atoms with Crippen LogP contribution in [0.1, 0.15) is 26.2 Å². The van der Waals surface area contributed by atoms with Crippen LogP contribution in [0.4, 0.5) is 0 Å². The molecule has 0 aromatic rings. The van der Waals surface area contributed by atoms with Crippen molar-refractivity contribution in [3.05, 3.63) is 47.6 Å². The molecular weight excluding hydrogens is 156 g/mol. The first kappa shape index (κ1) is 8.55. The predicted molar refractivity (Wildman–Crippen MR) is 57.5 cm³/mol. The van der Waals surface area contributed by atoms with Crippen LogP contribution in [0.25, 0.3) is 0 Å². The van der Waals surface area contributed by atoms with E-state index in [0.717, 1.165) is 5.92 Å². The largest absolute Gasteiger partial charge is 0.0842 e. The molecule has 0 aliphatic heterocycles. The van der Waals surface area contributed by atoms with Crippen molar-refractivity contribution in [3.8, 4) is 0 Å². The molecule has 13 heavy (non-hydrogen) atoms. The summed E-state index contributed by atoms with van der Waals surface area (Å²) >= 11 is 0. The molecule has 0 radical (unpaired) electrons. The fourth-order valence-corrected chi connectivity index (χ4v) is 1.81. The maximum absolute atomic E-state index is 2.37. The molecule has 0 bridgehead atoms. The van der Waals surface area contributed by atoms with Crippen molar-refractivity contribution in [2.45, 2.75) is 26.2 Å². The van der Waals surface area contributed by atoms with Gasteiger partial charge in [-0.05, 0) is 36.3 Å². The highest BCUT2D eigenvalue weighted by Gasteiger charge is 2.08. The molecule has 0 aromatic carbocycles. The van der Waals surface area contributed by atoms with E-state index in [1.807, 2.05) is 0 Å². The zero-order chi connectivity index (χ0) is 9.10. The van der Waals surface area contributed by atoms with Gasteiger partial charge in [0.25, 0.3) is 0 Å². The Morgan fingerprint density at radius 2 is 2.31 bits per heavy atom. The molecule has 1 unspecified atom stereocenters. The third-order valence-electron chi connectivity index (χ3n) is 2.70. The molecule has 0 saturated heterocycles. The van der Waals surface area contributed by atoms with Crippen molar-refractivity contribution >= 4 is 0 Å². The van der Waals surface area contributed by atoms with Crippen LogP contribution < -0.4 is 0 Å². The van der Waals surface area contributed by atoms with Crippen LogP contribution in [0.2, 0.25) is 0 Å². The Hall–Kier alpha value is -1.04. The summed E-state index contributed by atoms with van der Waals surface area (Å²) in [4.78, 5) is 0. The van der Waals surface area contributed by atoms with Gasteiger partial charge < -0.3 is 0 Å². The Labute approximate surface area is 80.3 Å². The molecule has 0 aromatic heterocycles. The van der Waals surface area contributed by atoms with Crippen LogP contribution in [-0.4, -0.2) is 0 Å². The summed E-state index contributed by atoms with van der Waals surface area (Å²) in [5, 5.41) is 0. The van der Waals surface area contributed by atoms with Gasteiger partial charge in [-0.2, -0.15) is 0 Å². The fraction of sp³-hybridized carbons (Fsp3) is 0.385. The summed E-state index contributed by atoms with van der Waals surface area (Å²) in [5.74, 6) is 0.725. The predicted octanol–water partition coefficient (Wildman–Crippen LogP) is 3.79. The lowest BCUT2D eigenvalue weighted by atomic mass is 9.90. The molecule has 0 saturated carbocycles. The molecule has 0 N–H and O–H groups in total. The topological polar surface area (TPSA) is 0 Å². The van der Waals surface area contributed by atoms with E-state index in [2.05, 4.69) is 43.4 Å². The zero-order valence-electron chi connectivity index (χ0n) is 8.16. The summed E-state index contributed by atoms with van der Waals surface area (Å²) in [6.07, 6.45) is 17.2. The fourth-order valence-electron chi connectivity index (χ4n) is 1.81. The van der Waals surface area contributed by atoms with E-state index in [1.54, 1.807) is 0 Å². The minimum Gasteiger partial charge on any atom is -0.0842 e. The average Bonchev–Trinajstić information content (AvgIpc) is 2.20. The van der Waals surface area contributed by atoms with Crippen molar-refractivity contribution < 1.29 is 0 Å². The van der Waals surface area contributed by atoms with E-state index in [0.29, 0.717) is 0 Å². The molecule has 0 fully saturated rings. The van der Waals surface area contributed by atoms with E-state index < -0.39 is 0 Å². The number of allylic oxidation sites excluding steroid dienone is 8. The molecule has 0 heteroatoms. The van der Waals surface area contributed by atoms with Gasteiger partial charge in [0.15, 0.2) is 0 Å². The molecule has 1 atom stereocenters. The molecule has 0 heterocycles. The molecule has 2 aliphatic rings. The molecule has 2 aliphatic carbocycles. The molecule has 0 spiro atoms. The van der Waals surface area contributed by atoms with Crippen molar-refractivity contribution in [2.24, 2.45) is 5.92 Å². The highest BCUT2D eigenvalue weighted by molar-refractivity contribution is 5.44. The van der Waals surface area contributed by atoms with Gasteiger partial charge in [-0.1, -0.05) is 43.4 Å². The second-order valence-corrected chi connectivity index (χ2v) is 3.89. The van der Waals surface area contributed by atoms with Crippen molar-refractivity contribution in [2.75, 3.05) is 0 Å². The first-order valence-corrected chi connectivity index (χ1v) is 5.11. The first-order valence-electron chi connectivity index (χ1n) is 5.11. The lowest BCUT2D eigenvalue weighted by Crippen LogP contribution is -1.98. The lowest BCUT2D eigenvalue weighted by Gasteiger charge is -2.15. The standard InChI is InChI=1S/C13H16/c1-11-7-9-13(10-8-11)12-5-3-2-4-6-12/h2-3,5,7,9-11H,4,6,8H2,1H3.